The summed E-state index contributed by atoms with van der Waals surface area (Å²) in [5, 5.41) is 0. The lowest BCUT2D eigenvalue weighted by Crippen LogP contribution is -2.04. The average molecular weight is 121 g/mol. The van der Waals surface area contributed by atoms with Gasteiger partial charge in [-0.05, 0) is 43.4 Å². The second-order valence-electron chi connectivity index (χ2n) is 3.34. The van der Waals surface area contributed by atoms with E-state index in [1.54, 1.807) is 5.92 Å². The van der Waals surface area contributed by atoms with E-state index < -0.39 is 0 Å². The highest BCUT2D eigenvalue weighted by atomic mass is 14.4. The molecule has 1 radical (unpaired) electrons. The van der Waals surface area contributed by atoms with Crippen LogP contribution in [0.2, 0.25) is 0 Å². The van der Waals surface area contributed by atoms with Crippen LogP contribution in [0.15, 0.2) is 12.7 Å². The monoisotopic (exact) mass is 121 g/mol. The summed E-state index contributed by atoms with van der Waals surface area (Å²) < 4.78 is 0. The molecule has 2 bridgehead atoms. The van der Waals surface area contributed by atoms with Crippen molar-refractivity contribution in [2.24, 2.45) is 11.8 Å². The normalized spacial score (nSPS) is 41.8. The number of hydrogen-bond acceptors (Lipinski definition) is 0. The van der Waals surface area contributed by atoms with Gasteiger partial charge >= 0.3 is 0 Å². The van der Waals surface area contributed by atoms with Crippen molar-refractivity contribution in [1.82, 2.24) is 0 Å². The van der Waals surface area contributed by atoms with E-state index in [0.29, 0.717) is 0 Å². The van der Waals surface area contributed by atoms with Crippen LogP contribution in [-0.2, 0) is 0 Å². The quantitative estimate of drug-likeness (QED) is 0.468. The van der Waals surface area contributed by atoms with E-state index in [2.05, 4.69) is 12.7 Å². The number of rotatable bonds is 1. The van der Waals surface area contributed by atoms with Gasteiger partial charge < -0.3 is 0 Å². The van der Waals surface area contributed by atoms with Crippen LogP contribution in [0.5, 0.6) is 0 Å². The van der Waals surface area contributed by atoms with Gasteiger partial charge in [0.25, 0.3) is 0 Å². The lowest BCUT2D eigenvalue weighted by molar-refractivity contribution is 0.477. The maximum atomic E-state index is 3.84. The van der Waals surface area contributed by atoms with E-state index in [1.807, 2.05) is 0 Å². The van der Waals surface area contributed by atoms with E-state index >= 15 is 0 Å². The first-order valence-electron chi connectivity index (χ1n) is 3.87. The molecule has 0 saturated heterocycles. The molecule has 2 fully saturated rings. The Morgan fingerprint density at radius 3 is 2.78 bits per heavy atom. The van der Waals surface area contributed by atoms with Gasteiger partial charge in [0.15, 0.2) is 0 Å². The van der Waals surface area contributed by atoms with Gasteiger partial charge in [0.2, 0.25) is 0 Å². The molecule has 2 aliphatic carbocycles. The average Bonchev–Trinajstić information content (AvgIpc) is 2.45. The van der Waals surface area contributed by atoms with Crippen LogP contribution >= 0.6 is 0 Å². The van der Waals surface area contributed by atoms with Gasteiger partial charge in [-0.25, -0.2) is 0 Å². The van der Waals surface area contributed by atoms with Crippen LogP contribution in [0.4, 0.5) is 0 Å². The maximum absolute atomic E-state index is 3.84. The molecule has 49 valence electrons. The summed E-state index contributed by atoms with van der Waals surface area (Å²) in [5.74, 6) is 3.64. The number of allylic oxidation sites excluding steroid dienone is 1. The summed E-state index contributed by atoms with van der Waals surface area (Å²) in [5.41, 5.74) is 0. The zero-order chi connectivity index (χ0) is 6.27. The molecule has 0 aliphatic heterocycles. The standard InChI is InChI=1S/C9H13/c1-2-8-5-7-3-4-9(8)6-7/h2,7-8H,1,3-6H2. The van der Waals surface area contributed by atoms with Gasteiger partial charge in [-0.15, -0.1) is 6.58 Å². The fourth-order valence-corrected chi connectivity index (χ4v) is 2.29. The van der Waals surface area contributed by atoms with Crippen molar-refractivity contribution in [1.29, 1.82) is 0 Å². The van der Waals surface area contributed by atoms with Crippen molar-refractivity contribution in [2.75, 3.05) is 0 Å². The summed E-state index contributed by atoms with van der Waals surface area (Å²) in [4.78, 5) is 0. The van der Waals surface area contributed by atoms with Crippen LogP contribution in [0.1, 0.15) is 25.7 Å². The fourth-order valence-electron chi connectivity index (χ4n) is 2.29. The van der Waals surface area contributed by atoms with E-state index in [0.717, 1.165) is 11.8 Å². The van der Waals surface area contributed by atoms with Crippen LogP contribution in [0.25, 0.3) is 0 Å². The van der Waals surface area contributed by atoms with Crippen LogP contribution in [0, 0.1) is 17.8 Å². The third kappa shape index (κ3) is 0.726. The largest absolute Gasteiger partial charge is 0.103 e. The fraction of sp³-hybridized carbons (Fsp3) is 0.667. The zero-order valence-corrected chi connectivity index (χ0v) is 5.77. The minimum absolute atomic E-state index is 0.809. The molecule has 2 saturated carbocycles. The Bertz CT molecular complexity index is 126. The van der Waals surface area contributed by atoms with Gasteiger partial charge in [-0.1, -0.05) is 6.08 Å². The summed E-state index contributed by atoms with van der Waals surface area (Å²) in [6.45, 7) is 3.84. The first-order chi connectivity index (χ1) is 4.40. The topological polar surface area (TPSA) is 0 Å². The molecule has 0 aromatic heterocycles. The van der Waals surface area contributed by atoms with Gasteiger partial charge in [-0.2, -0.15) is 0 Å². The lowest BCUT2D eigenvalue weighted by atomic mass is 9.89. The molecule has 0 N–H and O–H groups in total. The second-order valence-corrected chi connectivity index (χ2v) is 3.34. The summed E-state index contributed by atoms with van der Waals surface area (Å²) in [6, 6.07) is 0. The molecule has 0 aromatic carbocycles. The van der Waals surface area contributed by atoms with Crippen LogP contribution < -0.4 is 0 Å². The minimum atomic E-state index is 0.809. The molecule has 0 aromatic rings. The molecule has 0 heteroatoms. The molecule has 0 heterocycles. The predicted molar refractivity (Wildman–Crippen MR) is 38.9 cm³/mol. The molecule has 9 heavy (non-hydrogen) atoms. The van der Waals surface area contributed by atoms with Crippen molar-refractivity contribution in [2.45, 2.75) is 25.7 Å². The molecule has 0 spiro atoms. The van der Waals surface area contributed by atoms with Crippen molar-refractivity contribution in [3.63, 3.8) is 0 Å². The number of fused-ring (bicyclic) bond motifs is 2. The third-order valence-electron chi connectivity index (χ3n) is 2.82. The Morgan fingerprint density at radius 2 is 2.44 bits per heavy atom. The molecule has 2 rings (SSSR count). The Labute approximate surface area is 57.0 Å². The van der Waals surface area contributed by atoms with Gasteiger partial charge in [0, 0.05) is 0 Å². The Morgan fingerprint density at radius 1 is 1.56 bits per heavy atom. The third-order valence-corrected chi connectivity index (χ3v) is 2.82. The molecule has 2 unspecified atom stereocenters. The molecule has 2 atom stereocenters. The van der Waals surface area contributed by atoms with Gasteiger partial charge in [0.1, 0.15) is 0 Å². The highest BCUT2D eigenvalue weighted by Gasteiger charge is 2.37. The first-order valence-corrected chi connectivity index (χ1v) is 3.87. The molecule has 0 nitrogen and oxygen atoms in total. The summed E-state index contributed by atoms with van der Waals surface area (Å²) in [7, 11) is 0. The SMILES string of the molecule is C=CC1CC2CC[C]1C2. The maximum Gasteiger partial charge on any atom is -0.0170 e. The van der Waals surface area contributed by atoms with Gasteiger partial charge in [0.05, 0.1) is 0 Å². The smallest absolute Gasteiger partial charge is 0.0170 e. The predicted octanol–water partition coefficient (Wildman–Crippen LogP) is 2.57. The minimum Gasteiger partial charge on any atom is -0.103 e. The molecule has 2 aliphatic rings. The van der Waals surface area contributed by atoms with Crippen molar-refractivity contribution in [3.05, 3.63) is 18.6 Å². The number of hydrogen-bond donors (Lipinski definition) is 0. The van der Waals surface area contributed by atoms with Crippen LogP contribution in [-0.4, -0.2) is 0 Å². The van der Waals surface area contributed by atoms with E-state index in [9.17, 15) is 0 Å². The van der Waals surface area contributed by atoms with E-state index in [-0.39, 0.29) is 0 Å². The van der Waals surface area contributed by atoms with Crippen LogP contribution in [0.3, 0.4) is 0 Å². The Hall–Kier alpha value is -0.260. The highest BCUT2D eigenvalue weighted by Crippen LogP contribution is 2.50. The Balaban J connectivity index is 2.09. The van der Waals surface area contributed by atoms with Crippen molar-refractivity contribution < 1.29 is 0 Å². The molecular weight excluding hydrogens is 108 g/mol. The second kappa shape index (κ2) is 1.86. The summed E-state index contributed by atoms with van der Waals surface area (Å²) >= 11 is 0. The highest BCUT2D eigenvalue weighted by molar-refractivity contribution is 5.15. The lowest BCUT2D eigenvalue weighted by Gasteiger charge is -2.16. The first kappa shape index (κ1) is 5.52. The van der Waals surface area contributed by atoms with E-state index in [4.69, 9.17) is 0 Å². The van der Waals surface area contributed by atoms with E-state index in [1.165, 1.54) is 25.7 Å². The summed E-state index contributed by atoms with van der Waals surface area (Å²) in [6.07, 6.45) is 7.85. The Kier molecular flexibility index (Phi) is 1.14. The molecular formula is C9H13. The zero-order valence-electron chi connectivity index (χ0n) is 5.77. The van der Waals surface area contributed by atoms with Crippen molar-refractivity contribution >= 4 is 0 Å². The van der Waals surface area contributed by atoms with Crippen molar-refractivity contribution in [3.8, 4) is 0 Å². The molecule has 0 amide bonds. The van der Waals surface area contributed by atoms with Gasteiger partial charge in [-0.3, -0.25) is 0 Å².